The Morgan fingerprint density at radius 3 is 2.48 bits per heavy atom. The van der Waals surface area contributed by atoms with Gasteiger partial charge in [0.2, 0.25) is 0 Å². The number of likely N-dealkylation sites (tertiary alicyclic amines) is 1. The van der Waals surface area contributed by atoms with E-state index in [9.17, 15) is 4.79 Å². The van der Waals surface area contributed by atoms with Gasteiger partial charge in [0.25, 0.3) is 0 Å². The van der Waals surface area contributed by atoms with Crippen LogP contribution < -0.4 is 0 Å². The van der Waals surface area contributed by atoms with Crippen molar-refractivity contribution >= 4 is 5.97 Å². The van der Waals surface area contributed by atoms with E-state index in [-0.39, 0.29) is 0 Å². The number of hydrogen-bond acceptors (Lipinski definition) is 2. The minimum absolute atomic E-state index is 0.437. The first-order valence-corrected chi connectivity index (χ1v) is 7.94. The number of nitrogens with zero attached hydrogens (tertiary/aromatic N) is 1. The van der Waals surface area contributed by atoms with E-state index < -0.39 is 11.9 Å². The van der Waals surface area contributed by atoms with Gasteiger partial charge in [-0.3, -0.25) is 9.69 Å². The van der Waals surface area contributed by atoms with Gasteiger partial charge in [-0.05, 0) is 43.2 Å². The molecule has 1 aromatic rings. The average molecular weight is 289 g/mol. The van der Waals surface area contributed by atoms with E-state index in [0.29, 0.717) is 6.04 Å². The Hall–Kier alpha value is -1.35. The lowest BCUT2D eigenvalue weighted by atomic mass is 9.85. The second-order valence-corrected chi connectivity index (χ2v) is 6.79. The molecule has 1 aliphatic heterocycles. The summed E-state index contributed by atoms with van der Waals surface area (Å²) in [4.78, 5) is 13.6. The molecule has 116 valence electrons. The SMILES string of the molecule is CC1CC(C)C(C)N(Cc2ccc(C(C)C(=O)O)cc2)C1. The molecule has 0 saturated carbocycles. The molecule has 0 amide bonds. The molecule has 4 unspecified atom stereocenters. The lowest BCUT2D eigenvalue weighted by Crippen LogP contribution is -2.45. The first-order valence-electron chi connectivity index (χ1n) is 7.94. The van der Waals surface area contributed by atoms with Crippen molar-refractivity contribution in [3.8, 4) is 0 Å². The van der Waals surface area contributed by atoms with Gasteiger partial charge in [0.1, 0.15) is 0 Å². The first-order chi connectivity index (χ1) is 9.88. The van der Waals surface area contributed by atoms with Crippen molar-refractivity contribution in [2.75, 3.05) is 6.54 Å². The molecule has 1 saturated heterocycles. The third-order valence-corrected chi connectivity index (χ3v) is 4.96. The largest absolute Gasteiger partial charge is 0.481 e. The van der Waals surface area contributed by atoms with Crippen molar-refractivity contribution in [3.63, 3.8) is 0 Å². The van der Waals surface area contributed by atoms with Crippen LogP contribution in [0.15, 0.2) is 24.3 Å². The average Bonchev–Trinajstić information content (AvgIpc) is 2.44. The number of carbonyl (C=O) groups is 1. The molecule has 1 aliphatic rings. The van der Waals surface area contributed by atoms with Crippen LogP contribution in [0.4, 0.5) is 0 Å². The van der Waals surface area contributed by atoms with Crippen LogP contribution >= 0.6 is 0 Å². The van der Waals surface area contributed by atoms with Crippen molar-refractivity contribution < 1.29 is 9.90 Å². The highest BCUT2D eigenvalue weighted by Crippen LogP contribution is 2.28. The summed E-state index contributed by atoms with van der Waals surface area (Å²) in [6, 6.07) is 8.67. The van der Waals surface area contributed by atoms with E-state index >= 15 is 0 Å². The molecule has 0 aliphatic carbocycles. The molecule has 3 nitrogen and oxygen atoms in total. The van der Waals surface area contributed by atoms with Crippen molar-refractivity contribution in [1.29, 1.82) is 0 Å². The first kappa shape index (κ1) is 16.0. The van der Waals surface area contributed by atoms with Crippen LogP contribution in [0.5, 0.6) is 0 Å². The predicted molar refractivity (Wildman–Crippen MR) is 85.3 cm³/mol. The molecule has 0 bridgehead atoms. The Bertz CT molecular complexity index is 482. The van der Waals surface area contributed by atoms with Gasteiger partial charge in [0.15, 0.2) is 0 Å². The molecule has 0 spiro atoms. The zero-order valence-electron chi connectivity index (χ0n) is 13.5. The zero-order chi connectivity index (χ0) is 15.6. The van der Waals surface area contributed by atoms with Gasteiger partial charge in [-0.2, -0.15) is 0 Å². The lowest BCUT2D eigenvalue weighted by Gasteiger charge is -2.41. The fraction of sp³-hybridized carbons (Fsp3) is 0.611. The number of benzene rings is 1. The smallest absolute Gasteiger partial charge is 0.310 e. The Balaban J connectivity index is 2.04. The highest BCUT2D eigenvalue weighted by atomic mass is 16.4. The lowest BCUT2D eigenvalue weighted by molar-refractivity contribution is -0.138. The molecule has 0 radical (unpaired) electrons. The molecule has 21 heavy (non-hydrogen) atoms. The maximum atomic E-state index is 11.0. The normalized spacial score (nSPS) is 28.3. The topological polar surface area (TPSA) is 40.5 Å². The van der Waals surface area contributed by atoms with E-state index in [1.165, 1.54) is 12.0 Å². The fourth-order valence-corrected chi connectivity index (χ4v) is 3.33. The molecule has 1 N–H and O–H groups in total. The number of aliphatic carboxylic acids is 1. The highest BCUT2D eigenvalue weighted by Gasteiger charge is 2.28. The van der Waals surface area contributed by atoms with Gasteiger partial charge in [-0.15, -0.1) is 0 Å². The number of hydrogen-bond donors (Lipinski definition) is 1. The van der Waals surface area contributed by atoms with Crippen molar-refractivity contribution in [2.45, 2.75) is 52.6 Å². The number of carboxylic acid groups (broad SMARTS) is 1. The third kappa shape index (κ3) is 3.85. The van der Waals surface area contributed by atoms with Crippen LogP contribution in [-0.2, 0) is 11.3 Å². The van der Waals surface area contributed by atoms with Gasteiger partial charge >= 0.3 is 5.97 Å². The summed E-state index contributed by atoms with van der Waals surface area (Å²) in [7, 11) is 0. The molecule has 4 atom stereocenters. The van der Waals surface area contributed by atoms with Crippen LogP contribution in [0.1, 0.15) is 51.2 Å². The van der Waals surface area contributed by atoms with Crippen LogP contribution in [0.3, 0.4) is 0 Å². The van der Waals surface area contributed by atoms with Crippen molar-refractivity contribution in [2.24, 2.45) is 11.8 Å². The molecular weight excluding hydrogens is 262 g/mol. The van der Waals surface area contributed by atoms with Crippen LogP contribution in [0.2, 0.25) is 0 Å². The van der Waals surface area contributed by atoms with Crippen LogP contribution in [-0.4, -0.2) is 28.6 Å². The monoisotopic (exact) mass is 289 g/mol. The minimum Gasteiger partial charge on any atom is -0.481 e. The van der Waals surface area contributed by atoms with Crippen LogP contribution in [0, 0.1) is 11.8 Å². The number of rotatable bonds is 4. The van der Waals surface area contributed by atoms with Gasteiger partial charge in [0.05, 0.1) is 5.92 Å². The Labute approximate surface area is 128 Å². The molecular formula is C18H27NO2. The molecule has 1 heterocycles. The summed E-state index contributed by atoms with van der Waals surface area (Å²) in [5.41, 5.74) is 2.14. The summed E-state index contributed by atoms with van der Waals surface area (Å²) in [6.07, 6.45) is 1.31. The second kappa shape index (κ2) is 6.61. The van der Waals surface area contributed by atoms with E-state index in [4.69, 9.17) is 5.11 Å². The second-order valence-electron chi connectivity index (χ2n) is 6.79. The molecule has 0 aromatic heterocycles. The minimum atomic E-state index is -0.768. The molecule has 1 aromatic carbocycles. The van der Waals surface area contributed by atoms with Gasteiger partial charge in [0, 0.05) is 19.1 Å². The summed E-state index contributed by atoms with van der Waals surface area (Å²) in [5.74, 6) is 0.283. The molecule has 1 fully saturated rings. The highest BCUT2D eigenvalue weighted by molar-refractivity contribution is 5.75. The number of carboxylic acids is 1. The molecule has 3 heteroatoms. The number of piperidine rings is 1. The van der Waals surface area contributed by atoms with Crippen molar-refractivity contribution in [1.82, 2.24) is 4.90 Å². The van der Waals surface area contributed by atoms with E-state index in [1.807, 2.05) is 12.1 Å². The summed E-state index contributed by atoms with van der Waals surface area (Å²) < 4.78 is 0. The third-order valence-electron chi connectivity index (χ3n) is 4.96. The van der Waals surface area contributed by atoms with E-state index in [1.54, 1.807) is 6.92 Å². The molecule has 2 rings (SSSR count). The summed E-state index contributed by atoms with van der Waals surface area (Å²) >= 11 is 0. The fourth-order valence-electron chi connectivity index (χ4n) is 3.33. The Kier molecular flexibility index (Phi) is 5.04. The van der Waals surface area contributed by atoms with Crippen molar-refractivity contribution in [3.05, 3.63) is 35.4 Å². The van der Waals surface area contributed by atoms with Gasteiger partial charge < -0.3 is 5.11 Å². The van der Waals surface area contributed by atoms with E-state index in [0.717, 1.165) is 30.5 Å². The zero-order valence-corrected chi connectivity index (χ0v) is 13.5. The summed E-state index contributed by atoms with van der Waals surface area (Å²) in [6.45, 7) is 10.8. The Morgan fingerprint density at radius 1 is 1.29 bits per heavy atom. The maximum Gasteiger partial charge on any atom is 0.310 e. The predicted octanol–water partition coefficient (Wildman–Crippen LogP) is 3.74. The van der Waals surface area contributed by atoms with Gasteiger partial charge in [-0.1, -0.05) is 38.1 Å². The van der Waals surface area contributed by atoms with Gasteiger partial charge in [-0.25, -0.2) is 0 Å². The van der Waals surface area contributed by atoms with Crippen LogP contribution in [0.25, 0.3) is 0 Å². The Morgan fingerprint density at radius 2 is 1.90 bits per heavy atom. The quantitative estimate of drug-likeness (QED) is 0.918. The summed E-state index contributed by atoms with van der Waals surface area (Å²) in [5, 5.41) is 9.05. The standard InChI is InChI=1S/C18H27NO2/c1-12-9-13(2)15(4)19(10-12)11-16-5-7-17(8-6-16)14(3)18(20)21/h5-8,12-15H,9-11H2,1-4H3,(H,20,21). The maximum absolute atomic E-state index is 11.0. The van der Waals surface area contributed by atoms with E-state index in [2.05, 4.69) is 37.8 Å².